The standard InChI is InChI=1S/C16H27N3O/c1-4-9-19(10-5-2)11-8-16(20)18-15-12-14(17)7-6-13(15)3/h6-7,12H,4-5,8-11,17H2,1-3H3,(H,18,20). The number of rotatable bonds is 8. The van der Waals surface area contributed by atoms with Gasteiger partial charge in [0, 0.05) is 24.3 Å². The number of amides is 1. The molecule has 1 amide bonds. The first kappa shape index (κ1) is 16.5. The maximum Gasteiger partial charge on any atom is 0.225 e. The number of hydrogen-bond acceptors (Lipinski definition) is 3. The molecule has 0 bridgehead atoms. The van der Waals surface area contributed by atoms with Gasteiger partial charge in [-0.05, 0) is 50.6 Å². The second-order valence-corrected chi connectivity index (χ2v) is 5.21. The first-order chi connectivity index (χ1) is 9.56. The van der Waals surface area contributed by atoms with Crippen LogP contribution in [-0.4, -0.2) is 30.4 Å². The fraction of sp³-hybridized carbons (Fsp3) is 0.562. The highest BCUT2D eigenvalue weighted by atomic mass is 16.1. The molecule has 0 saturated heterocycles. The third-order valence-corrected chi connectivity index (χ3v) is 3.27. The Morgan fingerprint density at radius 2 is 1.85 bits per heavy atom. The fourth-order valence-electron chi connectivity index (χ4n) is 2.21. The van der Waals surface area contributed by atoms with E-state index in [-0.39, 0.29) is 5.91 Å². The van der Waals surface area contributed by atoms with Crippen LogP contribution in [0.4, 0.5) is 11.4 Å². The SMILES string of the molecule is CCCN(CCC)CCC(=O)Nc1cc(N)ccc1C. The number of aryl methyl sites for hydroxylation is 1. The van der Waals surface area contributed by atoms with Gasteiger partial charge in [-0.15, -0.1) is 0 Å². The Labute approximate surface area is 122 Å². The molecule has 0 unspecified atom stereocenters. The molecule has 0 aromatic heterocycles. The maximum atomic E-state index is 12.0. The Morgan fingerprint density at radius 3 is 2.45 bits per heavy atom. The van der Waals surface area contributed by atoms with Crippen molar-refractivity contribution in [1.29, 1.82) is 0 Å². The Balaban J connectivity index is 2.48. The predicted molar refractivity (Wildman–Crippen MR) is 85.9 cm³/mol. The minimum Gasteiger partial charge on any atom is -0.399 e. The quantitative estimate of drug-likeness (QED) is 0.718. The lowest BCUT2D eigenvalue weighted by Crippen LogP contribution is -2.29. The highest BCUT2D eigenvalue weighted by molar-refractivity contribution is 5.92. The number of benzene rings is 1. The zero-order valence-corrected chi connectivity index (χ0v) is 12.9. The first-order valence-corrected chi connectivity index (χ1v) is 7.45. The summed E-state index contributed by atoms with van der Waals surface area (Å²) in [5.74, 6) is 0.0518. The number of carbonyl (C=O) groups is 1. The van der Waals surface area contributed by atoms with E-state index in [1.165, 1.54) is 0 Å². The summed E-state index contributed by atoms with van der Waals surface area (Å²) in [5.41, 5.74) is 8.26. The number of hydrogen-bond donors (Lipinski definition) is 2. The van der Waals surface area contributed by atoms with Crippen molar-refractivity contribution in [2.24, 2.45) is 0 Å². The molecule has 0 spiro atoms. The van der Waals surface area contributed by atoms with Gasteiger partial charge in [0.1, 0.15) is 0 Å². The lowest BCUT2D eigenvalue weighted by Gasteiger charge is -2.20. The van der Waals surface area contributed by atoms with Gasteiger partial charge in [-0.2, -0.15) is 0 Å². The molecule has 20 heavy (non-hydrogen) atoms. The molecule has 1 aromatic carbocycles. The van der Waals surface area contributed by atoms with Crippen LogP contribution < -0.4 is 11.1 Å². The highest BCUT2D eigenvalue weighted by Gasteiger charge is 2.08. The van der Waals surface area contributed by atoms with Crippen molar-refractivity contribution in [3.05, 3.63) is 23.8 Å². The first-order valence-electron chi connectivity index (χ1n) is 7.45. The van der Waals surface area contributed by atoms with E-state index in [4.69, 9.17) is 5.73 Å². The van der Waals surface area contributed by atoms with Crippen molar-refractivity contribution in [3.8, 4) is 0 Å². The predicted octanol–water partition coefficient (Wildman–Crippen LogP) is 3.03. The maximum absolute atomic E-state index is 12.0. The summed E-state index contributed by atoms with van der Waals surface area (Å²) in [6.07, 6.45) is 2.76. The van der Waals surface area contributed by atoms with E-state index in [2.05, 4.69) is 24.1 Å². The lowest BCUT2D eigenvalue weighted by atomic mass is 10.2. The molecule has 112 valence electrons. The summed E-state index contributed by atoms with van der Waals surface area (Å²) in [6.45, 7) is 9.22. The average Bonchev–Trinajstić information content (AvgIpc) is 2.41. The minimum atomic E-state index is 0.0518. The highest BCUT2D eigenvalue weighted by Crippen LogP contribution is 2.18. The molecule has 0 fully saturated rings. The van der Waals surface area contributed by atoms with E-state index >= 15 is 0 Å². The third-order valence-electron chi connectivity index (χ3n) is 3.27. The summed E-state index contributed by atoms with van der Waals surface area (Å²) in [5, 5.41) is 2.95. The molecule has 0 atom stereocenters. The molecule has 0 aliphatic carbocycles. The van der Waals surface area contributed by atoms with Crippen LogP contribution in [0.1, 0.15) is 38.7 Å². The van der Waals surface area contributed by atoms with Gasteiger partial charge >= 0.3 is 0 Å². The van der Waals surface area contributed by atoms with Gasteiger partial charge < -0.3 is 16.0 Å². The molecular weight excluding hydrogens is 250 g/mol. The van der Waals surface area contributed by atoms with Gasteiger partial charge in [0.25, 0.3) is 0 Å². The van der Waals surface area contributed by atoms with Gasteiger partial charge in [-0.25, -0.2) is 0 Å². The Morgan fingerprint density at radius 1 is 1.20 bits per heavy atom. The van der Waals surface area contributed by atoms with Crippen molar-refractivity contribution in [2.75, 3.05) is 30.7 Å². The van der Waals surface area contributed by atoms with Crippen molar-refractivity contribution >= 4 is 17.3 Å². The van der Waals surface area contributed by atoms with Crippen molar-refractivity contribution in [2.45, 2.75) is 40.0 Å². The fourth-order valence-corrected chi connectivity index (χ4v) is 2.21. The summed E-state index contributed by atoms with van der Waals surface area (Å²) in [6, 6.07) is 5.57. The van der Waals surface area contributed by atoms with E-state index < -0.39 is 0 Å². The number of nitrogens with zero attached hydrogens (tertiary/aromatic N) is 1. The topological polar surface area (TPSA) is 58.4 Å². The third kappa shape index (κ3) is 5.61. The monoisotopic (exact) mass is 277 g/mol. The van der Waals surface area contributed by atoms with Crippen LogP contribution in [0.3, 0.4) is 0 Å². The summed E-state index contributed by atoms with van der Waals surface area (Å²) < 4.78 is 0. The van der Waals surface area contributed by atoms with Gasteiger partial charge in [0.05, 0.1) is 0 Å². The number of nitrogen functional groups attached to an aromatic ring is 1. The smallest absolute Gasteiger partial charge is 0.225 e. The Bertz CT molecular complexity index is 426. The summed E-state index contributed by atoms with van der Waals surface area (Å²) in [4.78, 5) is 14.3. The number of nitrogens with one attached hydrogen (secondary N) is 1. The van der Waals surface area contributed by atoms with E-state index in [0.29, 0.717) is 12.1 Å². The minimum absolute atomic E-state index is 0.0518. The van der Waals surface area contributed by atoms with E-state index in [1.54, 1.807) is 0 Å². The normalized spacial score (nSPS) is 10.8. The Hall–Kier alpha value is -1.55. The zero-order chi connectivity index (χ0) is 15.0. The van der Waals surface area contributed by atoms with Gasteiger partial charge in [0.15, 0.2) is 0 Å². The van der Waals surface area contributed by atoms with Crippen LogP contribution in [-0.2, 0) is 4.79 Å². The van der Waals surface area contributed by atoms with E-state index in [0.717, 1.165) is 43.7 Å². The van der Waals surface area contributed by atoms with Crippen LogP contribution in [0.2, 0.25) is 0 Å². The second kappa shape index (κ2) is 8.59. The molecule has 0 aliphatic rings. The van der Waals surface area contributed by atoms with Gasteiger partial charge in [-0.3, -0.25) is 4.79 Å². The number of nitrogens with two attached hydrogens (primary N) is 1. The zero-order valence-electron chi connectivity index (χ0n) is 12.9. The van der Waals surface area contributed by atoms with Crippen molar-refractivity contribution in [3.63, 3.8) is 0 Å². The van der Waals surface area contributed by atoms with Crippen LogP contribution >= 0.6 is 0 Å². The summed E-state index contributed by atoms with van der Waals surface area (Å²) in [7, 11) is 0. The average molecular weight is 277 g/mol. The molecule has 0 radical (unpaired) electrons. The van der Waals surface area contributed by atoms with Crippen LogP contribution in [0.15, 0.2) is 18.2 Å². The van der Waals surface area contributed by atoms with Crippen molar-refractivity contribution < 1.29 is 4.79 Å². The lowest BCUT2D eigenvalue weighted by molar-refractivity contribution is -0.116. The molecular formula is C16H27N3O. The summed E-state index contributed by atoms with van der Waals surface area (Å²) >= 11 is 0. The van der Waals surface area contributed by atoms with Crippen LogP contribution in [0, 0.1) is 6.92 Å². The van der Waals surface area contributed by atoms with Crippen LogP contribution in [0.5, 0.6) is 0 Å². The largest absolute Gasteiger partial charge is 0.399 e. The molecule has 4 nitrogen and oxygen atoms in total. The molecule has 0 heterocycles. The molecule has 3 N–H and O–H groups in total. The van der Waals surface area contributed by atoms with Crippen molar-refractivity contribution in [1.82, 2.24) is 4.90 Å². The van der Waals surface area contributed by atoms with E-state index in [9.17, 15) is 4.79 Å². The second-order valence-electron chi connectivity index (χ2n) is 5.21. The van der Waals surface area contributed by atoms with Gasteiger partial charge in [-0.1, -0.05) is 19.9 Å². The van der Waals surface area contributed by atoms with Crippen LogP contribution in [0.25, 0.3) is 0 Å². The molecule has 1 aromatic rings. The Kier molecular flexibility index (Phi) is 7.09. The number of carbonyl (C=O) groups excluding carboxylic acids is 1. The molecule has 0 aliphatic heterocycles. The van der Waals surface area contributed by atoms with Gasteiger partial charge in [0.2, 0.25) is 5.91 Å². The number of anilines is 2. The molecule has 1 rings (SSSR count). The molecule has 4 heteroatoms. The molecule has 0 saturated carbocycles. The van der Waals surface area contributed by atoms with E-state index in [1.807, 2.05) is 25.1 Å².